The minimum atomic E-state index is -0.368. The van der Waals surface area contributed by atoms with Crippen LogP contribution in [-0.2, 0) is 6.54 Å². The van der Waals surface area contributed by atoms with E-state index >= 15 is 0 Å². The van der Waals surface area contributed by atoms with Crippen LogP contribution in [0.15, 0.2) is 16.6 Å². The number of hydrogen-bond donors (Lipinski definition) is 1. The Hall–Kier alpha value is -0.120. The molecule has 0 spiro atoms. The summed E-state index contributed by atoms with van der Waals surface area (Å²) in [5.74, 6) is -0.368. The molecule has 60 valence electrons. The summed E-state index contributed by atoms with van der Waals surface area (Å²) >= 11 is 8.74. The molecule has 1 aromatic carbocycles. The minimum absolute atomic E-state index is 0.280. The smallest absolute Gasteiger partial charge is 0.138 e. The van der Waals surface area contributed by atoms with Crippen LogP contribution >= 0.6 is 27.5 Å². The molecule has 11 heavy (non-hydrogen) atoms. The van der Waals surface area contributed by atoms with Gasteiger partial charge in [-0.25, -0.2) is 4.39 Å². The summed E-state index contributed by atoms with van der Waals surface area (Å²) in [5, 5.41) is 0.354. The highest BCUT2D eigenvalue weighted by atomic mass is 79.9. The second-order valence-corrected chi connectivity index (χ2v) is 3.21. The Labute approximate surface area is 77.5 Å². The molecule has 0 aliphatic heterocycles. The van der Waals surface area contributed by atoms with E-state index in [2.05, 4.69) is 15.9 Å². The first-order valence-corrected chi connectivity index (χ1v) is 4.16. The lowest BCUT2D eigenvalue weighted by Gasteiger charge is -2.02. The number of rotatable bonds is 1. The number of nitrogens with two attached hydrogens (primary N) is 1. The molecule has 4 heteroatoms. The topological polar surface area (TPSA) is 26.0 Å². The van der Waals surface area contributed by atoms with E-state index in [1.165, 1.54) is 6.07 Å². The molecule has 0 saturated heterocycles. The Morgan fingerprint density at radius 2 is 2.18 bits per heavy atom. The Balaban J connectivity index is 3.25. The zero-order chi connectivity index (χ0) is 8.43. The Morgan fingerprint density at radius 1 is 1.55 bits per heavy atom. The highest BCUT2D eigenvalue weighted by Crippen LogP contribution is 2.28. The maximum Gasteiger partial charge on any atom is 0.138 e. The first kappa shape index (κ1) is 8.97. The summed E-state index contributed by atoms with van der Waals surface area (Å²) < 4.78 is 13.0. The van der Waals surface area contributed by atoms with Gasteiger partial charge in [0.05, 0.1) is 9.50 Å². The third-order valence-electron chi connectivity index (χ3n) is 1.34. The summed E-state index contributed by atoms with van der Waals surface area (Å²) in [4.78, 5) is 0. The van der Waals surface area contributed by atoms with Crippen LogP contribution in [0.1, 0.15) is 5.56 Å². The molecule has 0 bridgehead atoms. The van der Waals surface area contributed by atoms with E-state index in [1.807, 2.05) is 0 Å². The quantitative estimate of drug-likeness (QED) is 0.748. The molecule has 0 saturated carbocycles. The predicted octanol–water partition coefficient (Wildman–Crippen LogP) is 2.70. The molecular formula is C7H6BrClFN. The number of benzene rings is 1. The van der Waals surface area contributed by atoms with Crippen molar-refractivity contribution in [1.82, 2.24) is 0 Å². The first-order valence-electron chi connectivity index (χ1n) is 2.99. The van der Waals surface area contributed by atoms with Crippen LogP contribution in [0.2, 0.25) is 5.02 Å². The van der Waals surface area contributed by atoms with Crippen LogP contribution < -0.4 is 5.73 Å². The zero-order valence-electron chi connectivity index (χ0n) is 5.57. The van der Waals surface area contributed by atoms with Crippen molar-refractivity contribution in [3.05, 3.63) is 33.0 Å². The van der Waals surface area contributed by atoms with E-state index in [0.29, 0.717) is 11.6 Å². The Kier molecular flexibility index (Phi) is 2.87. The zero-order valence-corrected chi connectivity index (χ0v) is 7.91. The molecule has 1 nitrogen and oxygen atoms in total. The molecular weight excluding hydrogens is 232 g/mol. The summed E-state index contributed by atoms with van der Waals surface area (Å²) in [6, 6.07) is 2.90. The van der Waals surface area contributed by atoms with Crippen molar-refractivity contribution >= 4 is 27.5 Å². The summed E-state index contributed by atoms with van der Waals surface area (Å²) in [6.45, 7) is 0.317. The second kappa shape index (κ2) is 3.52. The van der Waals surface area contributed by atoms with Crippen molar-refractivity contribution in [2.24, 2.45) is 5.73 Å². The van der Waals surface area contributed by atoms with Gasteiger partial charge in [0.25, 0.3) is 0 Å². The summed E-state index contributed by atoms with van der Waals surface area (Å²) in [5.41, 5.74) is 6.08. The standard InChI is InChI=1S/C7H6BrClFN/c8-6-5(10)2-1-4(3-11)7(6)9/h1-2H,3,11H2. The highest BCUT2D eigenvalue weighted by molar-refractivity contribution is 9.10. The molecule has 0 atom stereocenters. The van der Waals surface area contributed by atoms with E-state index < -0.39 is 0 Å². The average molecular weight is 238 g/mol. The molecule has 0 fully saturated rings. The van der Waals surface area contributed by atoms with Crippen molar-refractivity contribution in [2.75, 3.05) is 0 Å². The maximum atomic E-state index is 12.7. The monoisotopic (exact) mass is 237 g/mol. The normalized spacial score (nSPS) is 10.2. The third-order valence-corrected chi connectivity index (χ3v) is 2.77. The van der Waals surface area contributed by atoms with E-state index in [4.69, 9.17) is 17.3 Å². The molecule has 0 aliphatic carbocycles. The van der Waals surface area contributed by atoms with E-state index in [-0.39, 0.29) is 10.3 Å². The van der Waals surface area contributed by atoms with Gasteiger partial charge >= 0.3 is 0 Å². The van der Waals surface area contributed by atoms with Crippen LogP contribution in [-0.4, -0.2) is 0 Å². The second-order valence-electron chi connectivity index (χ2n) is 2.04. The molecule has 0 amide bonds. The van der Waals surface area contributed by atoms with Gasteiger partial charge in [-0.3, -0.25) is 0 Å². The van der Waals surface area contributed by atoms with Gasteiger partial charge in [0, 0.05) is 6.54 Å². The van der Waals surface area contributed by atoms with Gasteiger partial charge < -0.3 is 5.73 Å². The highest BCUT2D eigenvalue weighted by Gasteiger charge is 2.06. The van der Waals surface area contributed by atoms with E-state index in [0.717, 1.165) is 5.56 Å². The van der Waals surface area contributed by atoms with Crippen molar-refractivity contribution in [2.45, 2.75) is 6.54 Å². The third kappa shape index (κ3) is 1.72. The largest absolute Gasteiger partial charge is 0.326 e. The summed E-state index contributed by atoms with van der Waals surface area (Å²) in [7, 11) is 0. The number of halogens is 3. The maximum absolute atomic E-state index is 12.7. The Bertz CT molecular complexity index is 277. The fraction of sp³-hybridized carbons (Fsp3) is 0.143. The van der Waals surface area contributed by atoms with Gasteiger partial charge in [0.15, 0.2) is 0 Å². The van der Waals surface area contributed by atoms with Gasteiger partial charge in [-0.2, -0.15) is 0 Å². The van der Waals surface area contributed by atoms with Crippen molar-refractivity contribution < 1.29 is 4.39 Å². The lowest BCUT2D eigenvalue weighted by molar-refractivity contribution is 0.620. The van der Waals surface area contributed by atoms with Crippen LogP contribution in [0.25, 0.3) is 0 Å². The fourth-order valence-electron chi connectivity index (χ4n) is 0.724. The SMILES string of the molecule is NCc1ccc(F)c(Br)c1Cl. The van der Waals surface area contributed by atoms with Crippen molar-refractivity contribution in [1.29, 1.82) is 0 Å². The van der Waals surface area contributed by atoms with Crippen molar-refractivity contribution in [3.63, 3.8) is 0 Å². The van der Waals surface area contributed by atoms with Crippen LogP contribution in [0.4, 0.5) is 4.39 Å². The molecule has 1 aromatic rings. The average Bonchev–Trinajstić information content (AvgIpc) is 2.01. The molecule has 2 N–H and O–H groups in total. The fourth-order valence-corrected chi connectivity index (χ4v) is 1.34. The minimum Gasteiger partial charge on any atom is -0.326 e. The van der Waals surface area contributed by atoms with Crippen LogP contribution in [0.5, 0.6) is 0 Å². The van der Waals surface area contributed by atoms with Crippen LogP contribution in [0.3, 0.4) is 0 Å². The lowest BCUT2D eigenvalue weighted by Crippen LogP contribution is -1.98. The predicted molar refractivity (Wildman–Crippen MR) is 47.0 cm³/mol. The molecule has 0 aliphatic rings. The lowest BCUT2D eigenvalue weighted by atomic mass is 10.2. The summed E-state index contributed by atoms with van der Waals surface area (Å²) in [6.07, 6.45) is 0. The van der Waals surface area contributed by atoms with Gasteiger partial charge in [-0.05, 0) is 27.6 Å². The van der Waals surface area contributed by atoms with Gasteiger partial charge in [-0.15, -0.1) is 0 Å². The van der Waals surface area contributed by atoms with Crippen LogP contribution in [0, 0.1) is 5.82 Å². The number of hydrogen-bond acceptors (Lipinski definition) is 1. The van der Waals surface area contributed by atoms with E-state index in [9.17, 15) is 4.39 Å². The van der Waals surface area contributed by atoms with Gasteiger partial charge in [0.1, 0.15) is 5.82 Å². The molecule has 0 unspecified atom stereocenters. The van der Waals surface area contributed by atoms with Gasteiger partial charge in [-0.1, -0.05) is 17.7 Å². The van der Waals surface area contributed by atoms with E-state index in [1.54, 1.807) is 6.07 Å². The molecule has 1 rings (SSSR count). The first-order chi connectivity index (χ1) is 5.16. The Morgan fingerprint density at radius 3 is 2.73 bits per heavy atom. The van der Waals surface area contributed by atoms with Gasteiger partial charge in [0.2, 0.25) is 0 Å². The molecule has 0 heterocycles. The molecule has 0 aromatic heterocycles. The molecule has 0 radical (unpaired) electrons. The van der Waals surface area contributed by atoms with Crippen molar-refractivity contribution in [3.8, 4) is 0 Å².